The Hall–Kier alpha value is -4.15. The van der Waals surface area contributed by atoms with Gasteiger partial charge < -0.3 is 24.5 Å². The third kappa shape index (κ3) is 7.37. The lowest BCUT2D eigenvalue weighted by molar-refractivity contribution is -0.205. The van der Waals surface area contributed by atoms with Crippen LogP contribution in [0.25, 0.3) is 10.9 Å². The molecular weight excluding hydrogens is 549 g/mol. The van der Waals surface area contributed by atoms with Crippen LogP contribution in [0.4, 0.5) is 13.2 Å². The van der Waals surface area contributed by atoms with Crippen molar-refractivity contribution in [3.05, 3.63) is 112 Å². The van der Waals surface area contributed by atoms with Crippen LogP contribution < -0.4 is 15.6 Å². The Balaban J connectivity index is 1.38. The second-order valence-corrected chi connectivity index (χ2v) is 10.2. The van der Waals surface area contributed by atoms with Gasteiger partial charge in [-0.3, -0.25) is 4.79 Å². The van der Waals surface area contributed by atoms with Gasteiger partial charge in [0.05, 0.1) is 18.2 Å². The minimum Gasteiger partial charge on any atom is -0.487 e. The zero-order chi connectivity index (χ0) is 29.5. The molecule has 0 radical (unpaired) electrons. The number of H-pyrrole nitrogens is 1. The van der Waals surface area contributed by atoms with E-state index in [2.05, 4.69) is 10.3 Å². The van der Waals surface area contributed by atoms with Gasteiger partial charge in [-0.05, 0) is 42.5 Å². The van der Waals surface area contributed by atoms with Gasteiger partial charge in [-0.1, -0.05) is 66.7 Å². The average Bonchev–Trinajstić information content (AvgIpc) is 3.44. The predicted octanol–water partition coefficient (Wildman–Crippen LogP) is 5.98. The number of hydrogen-bond acceptors (Lipinski definition) is 6. The summed E-state index contributed by atoms with van der Waals surface area (Å²) in [6, 6.07) is 24.9. The van der Waals surface area contributed by atoms with Crippen LogP contribution in [0.15, 0.2) is 89.7 Å². The SMILES string of the molecule is O=C(O[C@@H](CN[C@H]1CCC[C@@H]1OCc1ccccc1)c1ccc(OCc2ccccc2)c2[nH]c(=O)ccc12)C(F)(F)F. The van der Waals surface area contributed by atoms with E-state index in [0.717, 1.165) is 30.4 Å². The van der Waals surface area contributed by atoms with Gasteiger partial charge in [0, 0.05) is 29.6 Å². The smallest absolute Gasteiger partial charge is 0.487 e. The molecule has 7 nitrogen and oxygen atoms in total. The lowest BCUT2D eigenvalue weighted by atomic mass is 10.0. The number of aromatic amines is 1. The zero-order valence-electron chi connectivity index (χ0n) is 22.7. The molecule has 2 N–H and O–H groups in total. The van der Waals surface area contributed by atoms with Crippen LogP contribution in [0.2, 0.25) is 0 Å². The van der Waals surface area contributed by atoms with Gasteiger partial charge in [-0.25, -0.2) is 4.79 Å². The van der Waals surface area contributed by atoms with Crippen LogP contribution >= 0.6 is 0 Å². The Bertz CT molecular complexity index is 1540. The van der Waals surface area contributed by atoms with Gasteiger partial charge in [-0.15, -0.1) is 0 Å². The summed E-state index contributed by atoms with van der Waals surface area (Å²) in [6.07, 6.45) is -4.16. The van der Waals surface area contributed by atoms with Crippen molar-refractivity contribution >= 4 is 16.9 Å². The zero-order valence-corrected chi connectivity index (χ0v) is 22.7. The first-order chi connectivity index (χ1) is 20.3. The summed E-state index contributed by atoms with van der Waals surface area (Å²) in [7, 11) is 0. The van der Waals surface area contributed by atoms with Gasteiger partial charge in [0.2, 0.25) is 5.56 Å². The number of pyridine rings is 1. The van der Waals surface area contributed by atoms with Gasteiger partial charge in [0.1, 0.15) is 18.5 Å². The summed E-state index contributed by atoms with van der Waals surface area (Å²) in [5.74, 6) is -1.95. The first-order valence-corrected chi connectivity index (χ1v) is 13.8. The van der Waals surface area contributed by atoms with Crippen molar-refractivity contribution in [2.24, 2.45) is 0 Å². The molecule has 1 aliphatic carbocycles. The molecule has 0 aliphatic heterocycles. The monoisotopic (exact) mass is 580 g/mol. The van der Waals surface area contributed by atoms with Crippen LogP contribution in [-0.2, 0) is 27.5 Å². The molecule has 10 heteroatoms. The second-order valence-electron chi connectivity index (χ2n) is 10.2. The number of hydrogen-bond donors (Lipinski definition) is 2. The van der Waals surface area contributed by atoms with Crippen LogP contribution in [0.1, 0.15) is 42.1 Å². The van der Waals surface area contributed by atoms with Gasteiger partial charge in [0.15, 0.2) is 0 Å². The number of ether oxygens (including phenoxy) is 3. The molecule has 0 unspecified atom stereocenters. The number of rotatable bonds is 11. The van der Waals surface area contributed by atoms with E-state index in [1.54, 1.807) is 12.1 Å². The third-order valence-electron chi connectivity index (χ3n) is 7.28. The number of carbonyl (C=O) groups excluding carboxylic acids is 1. The molecule has 0 saturated heterocycles. The first-order valence-electron chi connectivity index (χ1n) is 13.8. The van der Waals surface area contributed by atoms with E-state index < -0.39 is 23.8 Å². The summed E-state index contributed by atoms with van der Waals surface area (Å²) >= 11 is 0. The maximum atomic E-state index is 13.3. The highest BCUT2D eigenvalue weighted by atomic mass is 19.4. The summed E-state index contributed by atoms with van der Waals surface area (Å²) in [5.41, 5.74) is 2.12. The number of fused-ring (bicyclic) bond motifs is 1. The fraction of sp³-hybridized carbons (Fsp3) is 0.312. The van der Waals surface area contributed by atoms with Crippen LogP contribution in [0.5, 0.6) is 5.75 Å². The number of esters is 1. The van der Waals surface area contributed by atoms with Crippen LogP contribution in [-0.4, -0.2) is 35.8 Å². The normalized spacial score (nSPS) is 17.7. The highest BCUT2D eigenvalue weighted by Crippen LogP contribution is 2.33. The average molecular weight is 581 g/mol. The number of alkyl halides is 3. The third-order valence-corrected chi connectivity index (χ3v) is 7.28. The largest absolute Gasteiger partial charge is 0.490 e. The quantitative estimate of drug-likeness (QED) is 0.212. The minimum absolute atomic E-state index is 0.0872. The van der Waals surface area contributed by atoms with Crippen molar-refractivity contribution in [3.8, 4) is 5.75 Å². The van der Waals surface area contributed by atoms with E-state index in [1.165, 1.54) is 12.1 Å². The van der Waals surface area contributed by atoms with Crippen LogP contribution in [0, 0.1) is 0 Å². The van der Waals surface area contributed by atoms with Crippen molar-refractivity contribution in [1.82, 2.24) is 10.3 Å². The highest BCUT2D eigenvalue weighted by molar-refractivity contribution is 5.88. The standard InChI is InChI=1S/C32H31F3N2O5/c33-32(34,35)31(39)42-28(18-36-25-12-7-13-26(25)40-19-21-8-3-1-4-9-21)23-14-16-27(30-24(23)15-17-29(38)37-30)41-20-22-10-5-2-6-11-22/h1-6,8-11,14-17,25-26,28,36H,7,12-13,18-20H2,(H,37,38)/t25-,26-,28-/m0/s1. The summed E-state index contributed by atoms with van der Waals surface area (Å²) < 4.78 is 57.0. The van der Waals surface area contributed by atoms with Gasteiger partial charge >= 0.3 is 12.1 Å². The number of benzene rings is 3. The van der Waals surface area contributed by atoms with E-state index >= 15 is 0 Å². The molecule has 1 fully saturated rings. The van der Waals surface area contributed by atoms with Crippen molar-refractivity contribution in [2.45, 2.75) is 56.9 Å². The number of carbonyl (C=O) groups is 1. The molecule has 220 valence electrons. The predicted molar refractivity (Wildman–Crippen MR) is 151 cm³/mol. The number of aromatic nitrogens is 1. The maximum Gasteiger partial charge on any atom is 0.490 e. The maximum absolute atomic E-state index is 13.3. The second kappa shape index (κ2) is 13.2. The Morgan fingerprint density at radius 2 is 1.60 bits per heavy atom. The molecule has 0 amide bonds. The lowest BCUT2D eigenvalue weighted by Gasteiger charge is -2.26. The number of nitrogens with one attached hydrogen (secondary N) is 2. The molecule has 5 rings (SSSR count). The van der Waals surface area contributed by atoms with E-state index in [4.69, 9.17) is 14.2 Å². The summed E-state index contributed by atoms with van der Waals surface area (Å²) in [6.45, 7) is 0.543. The Labute approximate surface area is 240 Å². The topological polar surface area (TPSA) is 89.7 Å². The molecule has 0 bridgehead atoms. The Morgan fingerprint density at radius 1 is 0.905 bits per heavy atom. The van der Waals surface area contributed by atoms with Gasteiger partial charge in [-0.2, -0.15) is 13.2 Å². The fourth-order valence-corrected chi connectivity index (χ4v) is 5.19. The molecular formula is C32H31F3N2O5. The van der Waals surface area contributed by atoms with E-state index in [9.17, 15) is 22.8 Å². The fourth-order valence-electron chi connectivity index (χ4n) is 5.19. The van der Waals surface area contributed by atoms with E-state index in [0.29, 0.717) is 28.8 Å². The van der Waals surface area contributed by atoms with Gasteiger partial charge in [0.25, 0.3) is 0 Å². The molecule has 1 aromatic heterocycles. The van der Waals surface area contributed by atoms with E-state index in [1.807, 2.05) is 60.7 Å². The number of halogens is 3. The first kappa shape index (κ1) is 29.3. The summed E-state index contributed by atoms with van der Waals surface area (Å²) in [5, 5.41) is 3.70. The highest BCUT2D eigenvalue weighted by Gasteiger charge is 2.43. The Morgan fingerprint density at radius 3 is 2.29 bits per heavy atom. The summed E-state index contributed by atoms with van der Waals surface area (Å²) in [4.78, 5) is 27.0. The molecule has 3 atom stereocenters. The van der Waals surface area contributed by atoms with E-state index in [-0.39, 0.29) is 25.3 Å². The molecule has 3 aromatic carbocycles. The minimum atomic E-state index is -5.17. The van der Waals surface area contributed by atoms with Crippen molar-refractivity contribution in [2.75, 3.05) is 6.54 Å². The Kier molecular flexibility index (Phi) is 9.24. The van der Waals surface area contributed by atoms with Crippen LogP contribution in [0.3, 0.4) is 0 Å². The lowest BCUT2D eigenvalue weighted by Crippen LogP contribution is -2.41. The van der Waals surface area contributed by atoms with Crippen molar-refractivity contribution in [1.29, 1.82) is 0 Å². The molecule has 1 heterocycles. The molecule has 0 spiro atoms. The molecule has 4 aromatic rings. The van der Waals surface area contributed by atoms with Crippen molar-refractivity contribution < 1.29 is 32.2 Å². The molecule has 1 saturated carbocycles. The van der Waals surface area contributed by atoms with Crippen molar-refractivity contribution in [3.63, 3.8) is 0 Å². The molecule has 42 heavy (non-hydrogen) atoms. The molecule has 1 aliphatic rings.